The second-order valence-corrected chi connectivity index (χ2v) is 6.54. The van der Waals surface area contributed by atoms with E-state index in [9.17, 15) is 9.18 Å². The molecular formula is C14H14ClFN4OS. The minimum atomic E-state index is -0.581. The van der Waals surface area contributed by atoms with E-state index in [1.807, 2.05) is 7.05 Å². The first-order chi connectivity index (χ1) is 10.5. The Kier molecular flexibility index (Phi) is 4.28. The number of carbonyl (C=O) groups is 1. The van der Waals surface area contributed by atoms with Gasteiger partial charge in [-0.25, -0.2) is 14.2 Å². The standard InChI is InChI=1S/C14H14ClFN4OS/c1-20-6-5-10-11(7-20)22-14(17-10)19-13(21)18-12-8(15)3-2-4-9(12)16/h2-4H,5-7H2,1H3,(H2,17,18,19,21). The quantitative estimate of drug-likeness (QED) is 0.878. The van der Waals surface area contributed by atoms with Gasteiger partial charge in [0.25, 0.3) is 0 Å². The minimum Gasteiger partial charge on any atom is -0.304 e. The number of anilines is 2. The number of urea groups is 1. The van der Waals surface area contributed by atoms with E-state index in [4.69, 9.17) is 11.6 Å². The Balaban J connectivity index is 1.70. The lowest BCUT2D eigenvalue weighted by molar-refractivity contribution is 0.262. The second kappa shape index (κ2) is 6.20. The number of halogens is 2. The van der Waals surface area contributed by atoms with Gasteiger partial charge in [-0.2, -0.15) is 0 Å². The third-order valence-electron chi connectivity index (χ3n) is 3.34. The fourth-order valence-corrected chi connectivity index (χ4v) is 3.53. The Morgan fingerprint density at radius 3 is 3.05 bits per heavy atom. The van der Waals surface area contributed by atoms with Crippen molar-refractivity contribution in [1.82, 2.24) is 9.88 Å². The number of rotatable bonds is 2. The molecule has 8 heteroatoms. The van der Waals surface area contributed by atoms with Crippen LogP contribution in [0.4, 0.5) is 20.0 Å². The molecule has 0 bridgehead atoms. The molecule has 0 saturated carbocycles. The number of hydrogen-bond donors (Lipinski definition) is 2. The van der Waals surface area contributed by atoms with E-state index in [1.165, 1.54) is 29.5 Å². The summed E-state index contributed by atoms with van der Waals surface area (Å²) in [5, 5.41) is 5.70. The Bertz CT molecular complexity index is 701. The van der Waals surface area contributed by atoms with Gasteiger partial charge in [-0.3, -0.25) is 5.32 Å². The monoisotopic (exact) mass is 340 g/mol. The molecule has 0 spiro atoms. The van der Waals surface area contributed by atoms with Gasteiger partial charge in [0.2, 0.25) is 0 Å². The minimum absolute atomic E-state index is 0.0391. The van der Waals surface area contributed by atoms with Crippen LogP contribution in [-0.2, 0) is 13.0 Å². The van der Waals surface area contributed by atoms with Crippen molar-refractivity contribution in [2.45, 2.75) is 13.0 Å². The van der Waals surface area contributed by atoms with Crippen LogP contribution in [0.1, 0.15) is 10.6 Å². The van der Waals surface area contributed by atoms with E-state index < -0.39 is 11.8 Å². The SMILES string of the molecule is CN1CCc2nc(NC(=O)Nc3c(F)cccc3Cl)sc2C1. The summed E-state index contributed by atoms with van der Waals surface area (Å²) in [6, 6.07) is 3.66. The first-order valence-electron chi connectivity index (χ1n) is 6.72. The molecule has 22 heavy (non-hydrogen) atoms. The number of thiazole rings is 1. The van der Waals surface area contributed by atoms with Crippen LogP contribution in [-0.4, -0.2) is 29.5 Å². The molecule has 2 amide bonds. The molecule has 5 nitrogen and oxygen atoms in total. The lowest BCUT2D eigenvalue weighted by Crippen LogP contribution is -2.25. The zero-order valence-corrected chi connectivity index (χ0v) is 13.4. The summed E-state index contributed by atoms with van der Waals surface area (Å²) in [5.74, 6) is -0.581. The number of nitrogens with zero attached hydrogens (tertiary/aromatic N) is 2. The van der Waals surface area contributed by atoms with Crippen molar-refractivity contribution < 1.29 is 9.18 Å². The number of benzene rings is 1. The molecule has 1 aromatic carbocycles. The molecule has 0 fully saturated rings. The number of nitrogens with one attached hydrogen (secondary N) is 2. The number of aromatic nitrogens is 1. The predicted octanol–water partition coefficient (Wildman–Crippen LogP) is 3.57. The maximum absolute atomic E-state index is 13.6. The van der Waals surface area contributed by atoms with Gasteiger partial charge in [-0.1, -0.05) is 17.7 Å². The van der Waals surface area contributed by atoms with Crippen molar-refractivity contribution in [1.29, 1.82) is 0 Å². The first-order valence-corrected chi connectivity index (χ1v) is 7.91. The summed E-state index contributed by atoms with van der Waals surface area (Å²) in [5.41, 5.74) is 0.977. The molecule has 2 N–H and O–H groups in total. The highest BCUT2D eigenvalue weighted by molar-refractivity contribution is 7.15. The summed E-state index contributed by atoms with van der Waals surface area (Å²) in [7, 11) is 2.04. The topological polar surface area (TPSA) is 57.3 Å². The van der Waals surface area contributed by atoms with Gasteiger partial charge in [0.05, 0.1) is 16.4 Å². The largest absolute Gasteiger partial charge is 0.325 e. The molecule has 0 aliphatic carbocycles. The molecule has 1 aromatic heterocycles. The van der Waals surface area contributed by atoms with Crippen LogP contribution in [0.25, 0.3) is 0 Å². The molecular weight excluding hydrogens is 327 g/mol. The molecule has 0 saturated heterocycles. The molecule has 1 aliphatic heterocycles. The Morgan fingerprint density at radius 2 is 2.27 bits per heavy atom. The van der Waals surface area contributed by atoms with E-state index in [1.54, 1.807) is 0 Å². The van der Waals surface area contributed by atoms with Crippen molar-refractivity contribution in [2.75, 3.05) is 24.2 Å². The van der Waals surface area contributed by atoms with Gasteiger partial charge in [0, 0.05) is 24.4 Å². The van der Waals surface area contributed by atoms with Crippen LogP contribution in [0, 0.1) is 5.82 Å². The lowest BCUT2D eigenvalue weighted by atomic mass is 10.2. The van der Waals surface area contributed by atoms with Crippen molar-refractivity contribution in [3.63, 3.8) is 0 Å². The summed E-state index contributed by atoms with van der Waals surface area (Å²) in [6.07, 6.45) is 0.866. The number of carbonyl (C=O) groups excluding carboxylic acids is 1. The number of fused-ring (bicyclic) bond motifs is 1. The van der Waals surface area contributed by atoms with Crippen LogP contribution < -0.4 is 10.6 Å². The van der Waals surface area contributed by atoms with E-state index in [2.05, 4.69) is 20.5 Å². The molecule has 3 rings (SSSR count). The molecule has 2 heterocycles. The molecule has 0 unspecified atom stereocenters. The average Bonchev–Trinajstić information content (AvgIpc) is 2.84. The van der Waals surface area contributed by atoms with Crippen molar-refractivity contribution in [3.8, 4) is 0 Å². The maximum Gasteiger partial charge on any atom is 0.325 e. The zero-order valence-electron chi connectivity index (χ0n) is 11.8. The highest BCUT2D eigenvalue weighted by Crippen LogP contribution is 2.28. The third kappa shape index (κ3) is 3.21. The smallest absolute Gasteiger partial charge is 0.304 e. The van der Waals surface area contributed by atoms with E-state index in [0.717, 1.165) is 30.1 Å². The van der Waals surface area contributed by atoms with Crippen LogP contribution in [0.3, 0.4) is 0 Å². The Labute approximate surface area is 136 Å². The maximum atomic E-state index is 13.6. The second-order valence-electron chi connectivity index (χ2n) is 5.05. The number of hydrogen-bond acceptors (Lipinski definition) is 4. The summed E-state index contributed by atoms with van der Waals surface area (Å²) in [6.45, 7) is 1.78. The Morgan fingerprint density at radius 1 is 1.45 bits per heavy atom. The number of likely N-dealkylation sites (N-methyl/N-ethyl adjacent to an activating group) is 1. The normalized spacial score (nSPS) is 14.5. The highest BCUT2D eigenvalue weighted by Gasteiger charge is 2.19. The van der Waals surface area contributed by atoms with E-state index >= 15 is 0 Å². The van der Waals surface area contributed by atoms with Crippen LogP contribution in [0.2, 0.25) is 5.02 Å². The van der Waals surface area contributed by atoms with Gasteiger partial charge >= 0.3 is 6.03 Å². The fourth-order valence-electron chi connectivity index (χ4n) is 2.24. The highest BCUT2D eigenvalue weighted by atomic mass is 35.5. The van der Waals surface area contributed by atoms with Crippen molar-refractivity contribution in [2.24, 2.45) is 0 Å². The number of amides is 2. The van der Waals surface area contributed by atoms with Crippen molar-refractivity contribution >= 4 is 39.8 Å². The first kappa shape index (κ1) is 15.2. The van der Waals surface area contributed by atoms with Crippen molar-refractivity contribution in [3.05, 3.63) is 39.6 Å². The Hall–Kier alpha value is -1.70. The molecule has 1 aliphatic rings. The predicted molar refractivity (Wildman–Crippen MR) is 86.2 cm³/mol. The summed E-state index contributed by atoms with van der Waals surface area (Å²) >= 11 is 7.31. The van der Waals surface area contributed by atoms with Gasteiger partial charge in [0.1, 0.15) is 5.82 Å². The van der Waals surface area contributed by atoms with Gasteiger partial charge in [-0.05, 0) is 19.2 Å². The van der Waals surface area contributed by atoms with E-state index in [0.29, 0.717) is 5.13 Å². The average molecular weight is 341 g/mol. The van der Waals surface area contributed by atoms with E-state index in [-0.39, 0.29) is 10.7 Å². The molecule has 116 valence electrons. The van der Waals surface area contributed by atoms with Gasteiger partial charge in [-0.15, -0.1) is 11.3 Å². The molecule has 0 radical (unpaired) electrons. The third-order valence-corrected chi connectivity index (χ3v) is 4.66. The van der Waals surface area contributed by atoms with Crippen LogP contribution in [0.5, 0.6) is 0 Å². The fraction of sp³-hybridized carbons (Fsp3) is 0.286. The lowest BCUT2D eigenvalue weighted by Gasteiger charge is -2.20. The van der Waals surface area contributed by atoms with Crippen LogP contribution in [0.15, 0.2) is 18.2 Å². The number of para-hydroxylation sites is 1. The molecule has 0 atom stereocenters. The van der Waals surface area contributed by atoms with Gasteiger partial charge < -0.3 is 10.2 Å². The zero-order chi connectivity index (χ0) is 15.7. The summed E-state index contributed by atoms with van der Waals surface area (Å²) in [4.78, 5) is 19.7. The van der Waals surface area contributed by atoms with Crippen LogP contribution >= 0.6 is 22.9 Å². The molecule has 2 aromatic rings. The van der Waals surface area contributed by atoms with Gasteiger partial charge in [0.15, 0.2) is 5.13 Å². The summed E-state index contributed by atoms with van der Waals surface area (Å²) < 4.78 is 13.6.